The first-order valence-corrected chi connectivity index (χ1v) is 22.0. The molecule has 4 fully saturated rings. The van der Waals surface area contributed by atoms with Gasteiger partial charge in [0.15, 0.2) is 13.2 Å². The predicted molar refractivity (Wildman–Crippen MR) is 242 cm³/mol. The van der Waals surface area contributed by atoms with Gasteiger partial charge in [0.2, 0.25) is 0 Å². The number of benzene rings is 4. The first kappa shape index (κ1) is 51.0. The normalized spacial score (nSPS) is 19.2. The summed E-state index contributed by atoms with van der Waals surface area (Å²) >= 11 is 0. The summed E-state index contributed by atoms with van der Waals surface area (Å²) in [4.78, 5) is 0. The van der Waals surface area contributed by atoms with E-state index in [-0.39, 0.29) is 18.3 Å². The Morgan fingerprint density at radius 2 is 1.02 bits per heavy atom. The molecule has 14 heteroatoms. The maximum Gasteiger partial charge on any atom is 0.299 e. The Bertz CT molecular complexity index is 2020. The van der Waals surface area contributed by atoms with Gasteiger partial charge in [-0.1, -0.05) is 56.8 Å². The summed E-state index contributed by atoms with van der Waals surface area (Å²) in [5.74, 6) is -3.33. The summed E-state index contributed by atoms with van der Waals surface area (Å²) in [6.07, 6.45) is 2.25. The average molecular weight is 911 g/mol. The van der Waals surface area contributed by atoms with Crippen LogP contribution in [0.25, 0.3) is 22.3 Å². The molecule has 3 unspecified atom stereocenters. The summed E-state index contributed by atoms with van der Waals surface area (Å²) in [6.45, 7) is 18.1. The Morgan fingerprint density at radius 1 is 0.554 bits per heavy atom. The lowest BCUT2D eigenvalue weighted by Crippen LogP contribution is -2.33. The number of hydrogen-bond acceptors (Lipinski definition) is 10. The van der Waals surface area contributed by atoms with Gasteiger partial charge in [0, 0.05) is 12.8 Å². The van der Waals surface area contributed by atoms with Crippen LogP contribution in [0.1, 0.15) is 50.8 Å². The fourth-order valence-corrected chi connectivity index (χ4v) is 6.41. The van der Waals surface area contributed by atoms with E-state index in [0.29, 0.717) is 96.2 Å². The Labute approximate surface area is 380 Å². The third kappa shape index (κ3) is 17.4. The molecule has 0 aromatic heterocycles. The van der Waals surface area contributed by atoms with Gasteiger partial charge in [-0.25, -0.2) is 8.78 Å². The van der Waals surface area contributed by atoms with E-state index in [1.54, 1.807) is 30.3 Å². The van der Waals surface area contributed by atoms with E-state index in [9.17, 15) is 17.6 Å². The minimum Gasteiger partial charge on any atom is -0.491 e. The van der Waals surface area contributed by atoms with Crippen molar-refractivity contribution in [1.82, 2.24) is 0 Å². The molecule has 0 amide bonds. The molecule has 0 spiro atoms. The monoisotopic (exact) mass is 910 g/mol. The Balaban J connectivity index is 0.000000223. The van der Waals surface area contributed by atoms with Crippen molar-refractivity contribution >= 4 is 0 Å². The molecule has 0 N–H and O–H groups in total. The molecule has 4 aromatic carbocycles. The molecule has 65 heavy (non-hydrogen) atoms. The van der Waals surface area contributed by atoms with Crippen molar-refractivity contribution < 1.29 is 64.9 Å². The van der Waals surface area contributed by atoms with Gasteiger partial charge < -0.3 is 47.4 Å². The van der Waals surface area contributed by atoms with Gasteiger partial charge in [-0.3, -0.25) is 0 Å². The van der Waals surface area contributed by atoms with Crippen LogP contribution < -0.4 is 18.9 Å². The van der Waals surface area contributed by atoms with Crippen LogP contribution in [0, 0.1) is 0 Å². The molecule has 10 nitrogen and oxygen atoms in total. The molecular formula is C51H62F4O10. The molecule has 354 valence electrons. The first-order valence-electron chi connectivity index (χ1n) is 22.0. The minimum atomic E-state index is -3.06. The smallest absolute Gasteiger partial charge is 0.299 e. The minimum absolute atomic E-state index is 0.0823. The standard InChI is InChI=1S/C24H26F2O5.C22H24F2O5.C3H6.C2H6/c1-2-24(25,26)16-31-21-5-3-17(4-6-21)18-9-19(20-12-28-13-20)11-22(10-18)30-15-23-14-27-7-8-29-23;1-22(23,24)14-29-18-4-2-15(3-5-18)16-8-17(21-13-28-21)10-19(9-16)27-12-20-11-25-6-7-26-20;1-3-2;1-2/h2-6,9-11,20,23H,1,7-8,12-16H2;2-5,8-10,20-21H,6-7,11-14H2,1H3;3H,1H2,2H3;1-2H3. The average Bonchev–Trinajstić information content (AvgIpc) is 4.17. The van der Waals surface area contributed by atoms with Crippen LogP contribution in [-0.4, -0.2) is 110 Å². The van der Waals surface area contributed by atoms with Crippen LogP contribution in [0.3, 0.4) is 0 Å². The number of halogens is 4. The molecule has 0 saturated carbocycles. The predicted octanol–water partition coefficient (Wildman–Crippen LogP) is 10.9. The maximum atomic E-state index is 13.3. The Kier molecular flexibility index (Phi) is 20.1. The number of rotatable bonds is 17. The summed E-state index contributed by atoms with van der Waals surface area (Å²) < 4.78 is 108. The van der Waals surface area contributed by atoms with E-state index < -0.39 is 25.1 Å². The second-order valence-corrected chi connectivity index (χ2v) is 15.5. The van der Waals surface area contributed by atoms with E-state index in [0.717, 1.165) is 51.8 Å². The molecule has 0 radical (unpaired) electrons. The SMILES string of the molecule is C=CC.C=CC(F)(F)COc1ccc(-c2cc(OCC3COCCO3)cc(C3COC3)c2)cc1.CC.CC(F)(F)COc1ccc(-c2cc(OCC3COCCO3)cc(C3CO3)c2)cc1. The van der Waals surface area contributed by atoms with Crippen LogP contribution in [0.4, 0.5) is 17.6 Å². The molecule has 4 saturated heterocycles. The van der Waals surface area contributed by atoms with Crippen LogP contribution in [0.2, 0.25) is 0 Å². The van der Waals surface area contributed by atoms with E-state index in [4.69, 9.17) is 47.4 Å². The summed E-state index contributed by atoms with van der Waals surface area (Å²) in [6, 6.07) is 26.2. The lowest BCUT2D eigenvalue weighted by Gasteiger charge is -2.28. The lowest BCUT2D eigenvalue weighted by molar-refractivity contribution is -0.101. The van der Waals surface area contributed by atoms with Gasteiger partial charge in [-0.15, -0.1) is 6.58 Å². The third-order valence-electron chi connectivity index (χ3n) is 9.91. The summed E-state index contributed by atoms with van der Waals surface area (Å²) in [5.41, 5.74) is 6.00. The molecule has 4 aliphatic heterocycles. The van der Waals surface area contributed by atoms with E-state index in [1.165, 1.54) is 0 Å². The number of alkyl halides is 4. The highest BCUT2D eigenvalue weighted by atomic mass is 19.3. The molecule has 4 aromatic rings. The largest absolute Gasteiger partial charge is 0.491 e. The quantitative estimate of drug-likeness (QED) is 0.0579. The molecule has 3 atom stereocenters. The second kappa shape index (κ2) is 25.7. The van der Waals surface area contributed by atoms with E-state index >= 15 is 0 Å². The zero-order valence-electron chi connectivity index (χ0n) is 37.7. The lowest BCUT2D eigenvalue weighted by atomic mass is 9.93. The van der Waals surface area contributed by atoms with Gasteiger partial charge in [-0.05, 0) is 101 Å². The number of epoxide rings is 1. The molecular weight excluding hydrogens is 849 g/mol. The van der Waals surface area contributed by atoms with Crippen molar-refractivity contribution in [3.63, 3.8) is 0 Å². The van der Waals surface area contributed by atoms with Gasteiger partial charge in [-0.2, -0.15) is 8.78 Å². The van der Waals surface area contributed by atoms with Gasteiger partial charge in [0.25, 0.3) is 11.8 Å². The Hall–Kier alpha value is -4.96. The van der Waals surface area contributed by atoms with Crippen molar-refractivity contribution in [3.8, 4) is 45.3 Å². The van der Waals surface area contributed by atoms with Crippen LogP contribution >= 0.6 is 0 Å². The molecule has 4 aliphatic rings. The highest BCUT2D eigenvalue weighted by Crippen LogP contribution is 2.37. The van der Waals surface area contributed by atoms with Crippen molar-refractivity contribution in [2.45, 2.75) is 63.8 Å². The van der Waals surface area contributed by atoms with Crippen molar-refractivity contribution in [1.29, 1.82) is 0 Å². The highest BCUT2D eigenvalue weighted by Gasteiger charge is 2.28. The third-order valence-corrected chi connectivity index (χ3v) is 9.91. The second-order valence-electron chi connectivity index (χ2n) is 15.5. The van der Waals surface area contributed by atoms with Crippen molar-refractivity contribution in [3.05, 3.63) is 121 Å². The first-order chi connectivity index (χ1) is 31.4. The van der Waals surface area contributed by atoms with Crippen molar-refractivity contribution in [2.24, 2.45) is 0 Å². The van der Waals surface area contributed by atoms with Crippen LogP contribution in [0.15, 0.2) is 110 Å². The van der Waals surface area contributed by atoms with E-state index in [2.05, 4.69) is 25.3 Å². The zero-order chi connectivity index (χ0) is 46.7. The van der Waals surface area contributed by atoms with Gasteiger partial charge in [0.1, 0.15) is 54.5 Å². The zero-order valence-corrected chi connectivity index (χ0v) is 37.7. The fraction of sp³-hybridized carbons (Fsp3) is 0.451. The number of allylic oxidation sites excluding steroid dienone is 1. The van der Waals surface area contributed by atoms with E-state index in [1.807, 2.05) is 69.3 Å². The fourth-order valence-electron chi connectivity index (χ4n) is 6.41. The molecule has 8 rings (SSSR count). The Morgan fingerprint density at radius 3 is 1.42 bits per heavy atom. The van der Waals surface area contributed by atoms with Crippen molar-refractivity contribution in [2.75, 3.05) is 85.9 Å². The van der Waals surface area contributed by atoms with Gasteiger partial charge in [0.05, 0.1) is 59.5 Å². The molecule has 0 bridgehead atoms. The van der Waals surface area contributed by atoms with Gasteiger partial charge >= 0.3 is 0 Å². The van der Waals surface area contributed by atoms with Crippen LogP contribution in [0.5, 0.6) is 23.0 Å². The summed E-state index contributed by atoms with van der Waals surface area (Å²) in [5, 5.41) is 0. The summed E-state index contributed by atoms with van der Waals surface area (Å²) in [7, 11) is 0. The highest BCUT2D eigenvalue weighted by molar-refractivity contribution is 5.68. The van der Waals surface area contributed by atoms with Crippen LogP contribution in [-0.2, 0) is 28.4 Å². The number of ether oxygens (including phenoxy) is 10. The molecule has 4 heterocycles. The molecule has 0 aliphatic carbocycles. The maximum absolute atomic E-state index is 13.3. The topological polar surface area (TPSA) is 95.6 Å². The number of hydrogen-bond donors (Lipinski definition) is 0.